The van der Waals surface area contributed by atoms with Crippen molar-refractivity contribution in [1.82, 2.24) is 4.90 Å². The molecule has 0 aromatic heterocycles. The number of rotatable bonds is 4. The first kappa shape index (κ1) is 14.5. The molecule has 1 aliphatic rings. The molecule has 4 unspecified atom stereocenters. The summed E-state index contributed by atoms with van der Waals surface area (Å²) in [5.41, 5.74) is 0. The maximum absolute atomic E-state index is 12.3. The van der Waals surface area contributed by atoms with Crippen molar-refractivity contribution in [3.63, 3.8) is 0 Å². The van der Waals surface area contributed by atoms with Gasteiger partial charge in [0, 0.05) is 13.1 Å². The van der Waals surface area contributed by atoms with Crippen molar-refractivity contribution in [2.24, 2.45) is 17.8 Å². The van der Waals surface area contributed by atoms with Crippen LogP contribution in [0.5, 0.6) is 0 Å². The Bertz CT molecular complexity index is 375. The Morgan fingerprint density at radius 3 is 2.50 bits per heavy atom. The van der Waals surface area contributed by atoms with Gasteiger partial charge < -0.3 is 10.0 Å². The van der Waals surface area contributed by atoms with Crippen LogP contribution in [0.2, 0.25) is 0 Å². The topological polar surface area (TPSA) is 81.4 Å². The number of aliphatic carboxylic acids is 1. The first-order chi connectivity index (χ1) is 8.38. The second-order valence-electron chi connectivity index (χ2n) is 5.29. The molecule has 1 amide bonds. The van der Waals surface area contributed by atoms with Gasteiger partial charge in [-0.05, 0) is 25.7 Å². The lowest BCUT2D eigenvalue weighted by molar-refractivity contribution is -0.149. The van der Waals surface area contributed by atoms with Crippen LogP contribution in [-0.4, -0.2) is 35.0 Å². The fourth-order valence-corrected chi connectivity index (χ4v) is 2.59. The number of hydrogen-bond acceptors (Lipinski definition) is 3. The molecule has 1 aliphatic carbocycles. The van der Waals surface area contributed by atoms with Gasteiger partial charge in [0.2, 0.25) is 5.91 Å². The van der Waals surface area contributed by atoms with Gasteiger partial charge in [0.15, 0.2) is 0 Å². The molecular formula is C13H20N2O3. The highest BCUT2D eigenvalue weighted by molar-refractivity contribution is 5.85. The van der Waals surface area contributed by atoms with E-state index in [4.69, 9.17) is 10.4 Å². The van der Waals surface area contributed by atoms with E-state index >= 15 is 0 Å². The van der Waals surface area contributed by atoms with E-state index in [0.29, 0.717) is 12.8 Å². The summed E-state index contributed by atoms with van der Waals surface area (Å²) in [6.07, 6.45) is 1.45. The maximum atomic E-state index is 12.3. The van der Waals surface area contributed by atoms with Gasteiger partial charge in [0.25, 0.3) is 0 Å². The third-order valence-corrected chi connectivity index (χ3v) is 3.83. The van der Waals surface area contributed by atoms with E-state index in [-0.39, 0.29) is 24.3 Å². The highest BCUT2D eigenvalue weighted by Gasteiger charge is 2.42. The Morgan fingerprint density at radius 2 is 2.00 bits per heavy atom. The number of hydrogen-bond donors (Lipinski definition) is 1. The molecule has 1 saturated carbocycles. The van der Waals surface area contributed by atoms with Crippen LogP contribution in [0.3, 0.4) is 0 Å². The van der Waals surface area contributed by atoms with Gasteiger partial charge in [-0.2, -0.15) is 5.26 Å². The fraction of sp³-hybridized carbons (Fsp3) is 0.769. The smallest absolute Gasteiger partial charge is 0.307 e. The predicted molar refractivity (Wildman–Crippen MR) is 65.5 cm³/mol. The molecule has 100 valence electrons. The minimum Gasteiger partial charge on any atom is -0.481 e. The minimum absolute atomic E-state index is 0.144. The molecule has 0 saturated heterocycles. The van der Waals surface area contributed by atoms with Crippen LogP contribution in [-0.2, 0) is 9.59 Å². The van der Waals surface area contributed by atoms with E-state index in [2.05, 4.69) is 0 Å². The van der Waals surface area contributed by atoms with Gasteiger partial charge in [-0.25, -0.2) is 0 Å². The molecule has 0 heterocycles. The van der Waals surface area contributed by atoms with Crippen molar-refractivity contribution >= 4 is 11.9 Å². The van der Waals surface area contributed by atoms with Gasteiger partial charge in [0.1, 0.15) is 0 Å². The van der Waals surface area contributed by atoms with Crippen LogP contribution in [0, 0.1) is 29.1 Å². The molecule has 0 aromatic rings. The number of amides is 1. The highest BCUT2D eigenvalue weighted by Crippen LogP contribution is 2.37. The summed E-state index contributed by atoms with van der Waals surface area (Å²) in [6, 6.07) is 1.85. The number of carbonyl (C=O) groups is 2. The van der Waals surface area contributed by atoms with Crippen molar-refractivity contribution in [1.29, 1.82) is 5.26 Å². The SMILES string of the molecule is CC1CC(C(=O)O)C(C(=O)N(C)C(C)CC#N)C1. The third-order valence-electron chi connectivity index (χ3n) is 3.83. The third kappa shape index (κ3) is 3.00. The maximum Gasteiger partial charge on any atom is 0.307 e. The van der Waals surface area contributed by atoms with Gasteiger partial charge >= 0.3 is 5.97 Å². The van der Waals surface area contributed by atoms with Crippen molar-refractivity contribution in [2.45, 2.75) is 39.2 Å². The molecule has 0 bridgehead atoms. The minimum atomic E-state index is -0.890. The van der Waals surface area contributed by atoms with Gasteiger partial charge in [0.05, 0.1) is 24.3 Å². The Balaban J connectivity index is 2.76. The number of carboxylic acids is 1. The molecule has 4 atom stereocenters. The van der Waals surface area contributed by atoms with E-state index in [9.17, 15) is 9.59 Å². The van der Waals surface area contributed by atoms with Crippen molar-refractivity contribution in [3.05, 3.63) is 0 Å². The normalized spacial score (nSPS) is 28.4. The molecule has 5 nitrogen and oxygen atoms in total. The van der Waals surface area contributed by atoms with Gasteiger partial charge in [-0.3, -0.25) is 9.59 Å². The number of carbonyl (C=O) groups excluding carboxylic acids is 1. The second kappa shape index (κ2) is 5.85. The van der Waals surface area contributed by atoms with E-state index in [1.165, 1.54) is 4.90 Å². The molecule has 1 N–H and O–H groups in total. The average molecular weight is 252 g/mol. The first-order valence-corrected chi connectivity index (χ1v) is 6.24. The lowest BCUT2D eigenvalue weighted by Crippen LogP contribution is -2.41. The van der Waals surface area contributed by atoms with Crippen LogP contribution < -0.4 is 0 Å². The summed E-state index contributed by atoms with van der Waals surface area (Å²) >= 11 is 0. The monoisotopic (exact) mass is 252 g/mol. The van der Waals surface area contributed by atoms with E-state index in [0.717, 1.165) is 0 Å². The Hall–Kier alpha value is -1.57. The lowest BCUT2D eigenvalue weighted by Gasteiger charge is -2.27. The molecule has 1 rings (SSSR count). The Kier molecular flexibility index (Phi) is 4.71. The van der Waals surface area contributed by atoms with E-state index in [1.807, 2.05) is 13.0 Å². The number of nitrogens with zero attached hydrogens (tertiary/aromatic N) is 2. The Labute approximate surface area is 107 Å². The van der Waals surface area contributed by atoms with E-state index < -0.39 is 17.8 Å². The van der Waals surface area contributed by atoms with Crippen LogP contribution in [0.15, 0.2) is 0 Å². The molecule has 1 fully saturated rings. The zero-order valence-electron chi connectivity index (χ0n) is 11.1. The largest absolute Gasteiger partial charge is 0.481 e. The van der Waals surface area contributed by atoms with E-state index in [1.54, 1.807) is 14.0 Å². The summed E-state index contributed by atoms with van der Waals surface area (Å²) in [5, 5.41) is 17.8. The van der Waals surface area contributed by atoms with Crippen LogP contribution in [0.25, 0.3) is 0 Å². The van der Waals surface area contributed by atoms with Gasteiger partial charge in [-0.1, -0.05) is 6.92 Å². The molecular weight excluding hydrogens is 232 g/mol. The fourth-order valence-electron chi connectivity index (χ4n) is 2.59. The van der Waals surface area contributed by atoms with Crippen LogP contribution in [0.1, 0.15) is 33.1 Å². The molecule has 0 spiro atoms. The number of nitriles is 1. The summed E-state index contributed by atoms with van der Waals surface area (Å²) < 4.78 is 0. The second-order valence-corrected chi connectivity index (χ2v) is 5.29. The first-order valence-electron chi connectivity index (χ1n) is 6.24. The summed E-state index contributed by atoms with van der Waals surface area (Å²) in [6.45, 7) is 3.78. The molecule has 0 aromatic carbocycles. The molecule has 0 radical (unpaired) electrons. The lowest BCUT2D eigenvalue weighted by atomic mass is 9.94. The highest BCUT2D eigenvalue weighted by atomic mass is 16.4. The summed E-state index contributed by atoms with van der Waals surface area (Å²) in [4.78, 5) is 24.9. The van der Waals surface area contributed by atoms with Crippen LogP contribution in [0.4, 0.5) is 0 Å². The van der Waals surface area contributed by atoms with Gasteiger partial charge in [-0.15, -0.1) is 0 Å². The Morgan fingerprint density at radius 1 is 1.44 bits per heavy atom. The summed E-state index contributed by atoms with van der Waals surface area (Å²) in [7, 11) is 1.65. The number of carboxylic acid groups (broad SMARTS) is 1. The predicted octanol–water partition coefficient (Wildman–Crippen LogP) is 1.49. The average Bonchev–Trinajstić information content (AvgIpc) is 2.69. The van der Waals surface area contributed by atoms with Crippen LogP contribution >= 0.6 is 0 Å². The zero-order valence-corrected chi connectivity index (χ0v) is 11.1. The quantitative estimate of drug-likeness (QED) is 0.822. The van der Waals surface area contributed by atoms with Crippen molar-refractivity contribution < 1.29 is 14.7 Å². The molecule has 0 aliphatic heterocycles. The molecule has 5 heteroatoms. The standard InChI is InChI=1S/C13H20N2O3/c1-8-6-10(11(7-8)13(17)18)12(16)15(3)9(2)4-5-14/h8-11H,4,6-7H2,1-3H3,(H,17,18). The zero-order chi connectivity index (χ0) is 13.9. The summed E-state index contributed by atoms with van der Waals surface area (Å²) in [5.74, 6) is -1.79. The molecule has 18 heavy (non-hydrogen) atoms. The van der Waals surface area contributed by atoms with Crippen molar-refractivity contribution in [2.75, 3.05) is 7.05 Å². The van der Waals surface area contributed by atoms with Crippen molar-refractivity contribution in [3.8, 4) is 6.07 Å².